The molecule has 0 unspecified atom stereocenters. The molecule has 1 fully saturated rings. The number of nitrogens with zero attached hydrogens (tertiary/aromatic N) is 5. The minimum Gasteiger partial charge on any atom is -0.394 e. The SMILES string of the molecule is Cc1nc([C@@H]2O[C@H](CO)[C@H](O)[C@H](n3cccn3)[C@H]2O)n(-c2cc(Cl)ccc2C(F)(F)F)n1. The first-order valence-corrected chi connectivity index (χ1v) is 9.92. The van der Waals surface area contributed by atoms with Crippen LogP contribution in [0.1, 0.15) is 29.4 Å². The minimum atomic E-state index is -4.72. The van der Waals surface area contributed by atoms with Gasteiger partial charge in [-0.2, -0.15) is 23.4 Å². The molecule has 3 N–H and O–H groups in total. The predicted octanol–water partition coefficient (Wildman–Crippen LogP) is 1.84. The quantitative estimate of drug-likeness (QED) is 0.529. The van der Waals surface area contributed by atoms with E-state index in [1.807, 2.05) is 0 Å². The second-order valence-electron chi connectivity index (χ2n) is 7.32. The third kappa shape index (κ3) is 3.99. The van der Waals surface area contributed by atoms with Crippen molar-refractivity contribution in [1.29, 1.82) is 0 Å². The summed E-state index contributed by atoms with van der Waals surface area (Å²) in [5, 5.41) is 39.5. The molecular weight excluding hydrogens is 455 g/mol. The van der Waals surface area contributed by atoms with Gasteiger partial charge in [0.2, 0.25) is 0 Å². The van der Waals surface area contributed by atoms with Gasteiger partial charge in [0.05, 0.1) is 17.9 Å². The molecule has 1 saturated heterocycles. The number of benzene rings is 1. The molecule has 32 heavy (non-hydrogen) atoms. The van der Waals surface area contributed by atoms with Crippen molar-refractivity contribution in [2.75, 3.05) is 6.61 Å². The Morgan fingerprint density at radius 1 is 1.22 bits per heavy atom. The van der Waals surface area contributed by atoms with E-state index in [2.05, 4.69) is 15.2 Å². The van der Waals surface area contributed by atoms with Crippen LogP contribution in [-0.4, -0.2) is 64.8 Å². The van der Waals surface area contributed by atoms with Crippen LogP contribution in [-0.2, 0) is 10.9 Å². The van der Waals surface area contributed by atoms with Crippen molar-refractivity contribution >= 4 is 11.6 Å². The van der Waals surface area contributed by atoms with Crippen LogP contribution in [0.3, 0.4) is 0 Å². The van der Waals surface area contributed by atoms with Crippen molar-refractivity contribution < 1.29 is 33.2 Å². The van der Waals surface area contributed by atoms with Crippen LogP contribution in [0.5, 0.6) is 0 Å². The van der Waals surface area contributed by atoms with Crippen LogP contribution >= 0.6 is 11.6 Å². The molecule has 4 rings (SSSR count). The molecule has 0 saturated carbocycles. The molecule has 0 spiro atoms. The maximum Gasteiger partial charge on any atom is 0.418 e. The standard InChI is InChI=1S/C19H19ClF3N5O4/c1-9-25-18(28(26-9)12-7-10(20)3-4-11(12)19(21,22)23)17-16(31)14(27-6-2-5-24-27)15(30)13(8-29)32-17/h2-7,13-17,29-31H,8H2,1H3/t13-,14+,15+,16-,17-/m1/s1. The van der Waals surface area contributed by atoms with Crippen LogP contribution in [0, 0.1) is 6.92 Å². The second-order valence-corrected chi connectivity index (χ2v) is 7.76. The maximum atomic E-state index is 13.7. The summed E-state index contributed by atoms with van der Waals surface area (Å²) in [7, 11) is 0. The van der Waals surface area contributed by atoms with E-state index >= 15 is 0 Å². The number of aryl methyl sites for hydroxylation is 1. The van der Waals surface area contributed by atoms with Gasteiger partial charge in [-0.05, 0) is 31.2 Å². The first kappa shape index (κ1) is 22.7. The van der Waals surface area contributed by atoms with E-state index in [9.17, 15) is 28.5 Å². The number of aliphatic hydroxyl groups is 3. The number of hydrogen-bond acceptors (Lipinski definition) is 7. The van der Waals surface area contributed by atoms with Crippen LogP contribution in [0.4, 0.5) is 13.2 Å². The normalized spacial score (nSPS) is 26.4. The molecule has 0 radical (unpaired) electrons. The van der Waals surface area contributed by atoms with Crippen molar-refractivity contribution in [2.45, 2.75) is 43.6 Å². The molecular formula is C19H19ClF3N5O4. The second kappa shape index (κ2) is 8.45. The fourth-order valence-electron chi connectivity index (χ4n) is 3.80. The lowest BCUT2D eigenvalue weighted by Gasteiger charge is -2.41. The Morgan fingerprint density at radius 2 is 1.97 bits per heavy atom. The highest BCUT2D eigenvalue weighted by Crippen LogP contribution is 2.40. The first-order valence-electron chi connectivity index (χ1n) is 9.54. The summed E-state index contributed by atoms with van der Waals surface area (Å²) in [4.78, 5) is 4.19. The predicted molar refractivity (Wildman–Crippen MR) is 104 cm³/mol. The third-order valence-corrected chi connectivity index (χ3v) is 5.44. The van der Waals surface area contributed by atoms with E-state index in [4.69, 9.17) is 16.3 Å². The number of alkyl halides is 3. The topological polar surface area (TPSA) is 118 Å². The lowest BCUT2D eigenvalue weighted by Crippen LogP contribution is -2.53. The molecule has 1 aliphatic rings. The summed E-state index contributed by atoms with van der Waals surface area (Å²) >= 11 is 5.96. The van der Waals surface area contributed by atoms with Crippen LogP contribution in [0.2, 0.25) is 5.02 Å². The van der Waals surface area contributed by atoms with Gasteiger partial charge in [0.1, 0.15) is 36.3 Å². The Hall–Kier alpha value is -2.51. The summed E-state index contributed by atoms with van der Waals surface area (Å²) in [5.74, 6) is -0.0310. The largest absolute Gasteiger partial charge is 0.418 e. The number of ether oxygens (including phenoxy) is 1. The van der Waals surface area contributed by atoms with Gasteiger partial charge in [-0.25, -0.2) is 9.67 Å². The Morgan fingerprint density at radius 3 is 2.59 bits per heavy atom. The molecule has 0 bridgehead atoms. The summed E-state index contributed by atoms with van der Waals surface area (Å²) in [5.41, 5.74) is -1.42. The highest BCUT2D eigenvalue weighted by atomic mass is 35.5. The highest BCUT2D eigenvalue weighted by molar-refractivity contribution is 6.30. The molecule has 0 amide bonds. The third-order valence-electron chi connectivity index (χ3n) is 5.21. The Balaban J connectivity index is 1.85. The van der Waals surface area contributed by atoms with Gasteiger partial charge in [-0.3, -0.25) is 4.68 Å². The Labute approximate surface area is 184 Å². The molecule has 2 aromatic heterocycles. The summed E-state index contributed by atoms with van der Waals surface area (Å²) in [6.45, 7) is 0.858. The van der Waals surface area contributed by atoms with Crippen LogP contribution in [0.25, 0.3) is 5.69 Å². The zero-order valence-electron chi connectivity index (χ0n) is 16.6. The van der Waals surface area contributed by atoms with Gasteiger partial charge in [0.25, 0.3) is 0 Å². The molecule has 1 aliphatic heterocycles. The van der Waals surface area contributed by atoms with E-state index < -0.39 is 54.5 Å². The number of halogens is 4. The number of rotatable bonds is 4. The monoisotopic (exact) mass is 473 g/mol. The molecule has 9 nitrogen and oxygen atoms in total. The molecule has 5 atom stereocenters. The highest BCUT2D eigenvalue weighted by Gasteiger charge is 2.48. The summed E-state index contributed by atoms with van der Waals surface area (Å²) in [6.07, 6.45) is -7.11. The minimum absolute atomic E-state index is 0.0373. The fraction of sp³-hybridized carbons (Fsp3) is 0.421. The lowest BCUT2D eigenvalue weighted by atomic mass is 9.92. The zero-order chi connectivity index (χ0) is 23.2. The van der Waals surface area contributed by atoms with Crippen molar-refractivity contribution in [3.8, 4) is 5.69 Å². The van der Waals surface area contributed by atoms with Gasteiger partial charge < -0.3 is 20.1 Å². The van der Waals surface area contributed by atoms with E-state index in [1.165, 1.54) is 24.0 Å². The van der Waals surface area contributed by atoms with E-state index in [1.54, 1.807) is 6.07 Å². The van der Waals surface area contributed by atoms with Crippen LogP contribution < -0.4 is 0 Å². The molecule has 172 valence electrons. The van der Waals surface area contributed by atoms with Crippen LogP contribution in [0.15, 0.2) is 36.7 Å². The summed E-state index contributed by atoms with van der Waals surface area (Å²) < 4.78 is 48.9. The van der Waals surface area contributed by atoms with Crippen molar-refractivity contribution in [3.05, 3.63) is 58.9 Å². The number of aromatic nitrogens is 5. The Kier molecular flexibility index (Phi) is 5.98. The smallest absolute Gasteiger partial charge is 0.394 e. The molecule has 0 aliphatic carbocycles. The molecule has 13 heteroatoms. The van der Waals surface area contributed by atoms with Gasteiger partial charge in [-0.15, -0.1) is 0 Å². The van der Waals surface area contributed by atoms with E-state index in [0.717, 1.165) is 22.9 Å². The average molecular weight is 474 g/mol. The van der Waals surface area contributed by atoms with Gasteiger partial charge in [0, 0.05) is 17.4 Å². The van der Waals surface area contributed by atoms with Gasteiger partial charge >= 0.3 is 6.18 Å². The molecule has 1 aromatic carbocycles. The molecule has 3 aromatic rings. The average Bonchev–Trinajstić information content (AvgIpc) is 3.37. The number of aliphatic hydroxyl groups excluding tert-OH is 3. The van der Waals surface area contributed by atoms with E-state index in [-0.39, 0.29) is 16.7 Å². The molecule has 3 heterocycles. The van der Waals surface area contributed by atoms with Crippen molar-refractivity contribution in [2.24, 2.45) is 0 Å². The van der Waals surface area contributed by atoms with Crippen molar-refractivity contribution in [3.63, 3.8) is 0 Å². The Bertz CT molecular complexity index is 1090. The maximum absolute atomic E-state index is 13.7. The van der Waals surface area contributed by atoms with Gasteiger partial charge in [0.15, 0.2) is 5.82 Å². The summed E-state index contributed by atoms with van der Waals surface area (Å²) in [6, 6.07) is 3.53. The van der Waals surface area contributed by atoms with Gasteiger partial charge in [-0.1, -0.05) is 11.6 Å². The fourth-order valence-corrected chi connectivity index (χ4v) is 3.96. The number of hydrogen-bond donors (Lipinski definition) is 3. The van der Waals surface area contributed by atoms with E-state index in [0.29, 0.717) is 0 Å². The zero-order valence-corrected chi connectivity index (χ0v) is 17.3. The lowest BCUT2D eigenvalue weighted by molar-refractivity contribution is -0.210. The first-order chi connectivity index (χ1) is 15.1. The van der Waals surface area contributed by atoms with Crippen molar-refractivity contribution in [1.82, 2.24) is 24.5 Å².